The molecule has 0 spiro atoms. The van der Waals surface area contributed by atoms with Gasteiger partial charge in [-0.3, -0.25) is 5.10 Å². The lowest BCUT2D eigenvalue weighted by Crippen LogP contribution is -1.96. The summed E-state index contributed by atoms with van der Waals surface area (Å²) in [5, 5.41) is 8.13. The molecule has 1 aromatic carbocycles. The summed E-state index contributed by atoms with van der Waals surface area (Å²) < 4.78 is 8.09. The number of fused-ring (bicyclic) bond motifs is 1. The van der Waals surface area contributed by atoms with Crippen LogP contribution in [0.2, 0.25) is 0 Å². The standard InChI is InChI=1S/C12H11N3OS/c1-2-15-11(13-14-12(15)17)9-7-16-10-6-4-3-5-8(9)10/h3-7H,2H2,1H3,(H,14,17). The quantitative estimate of drug-likeness (QED) is 0.704. The highest BCUT2D eigenvalue weighted by Crippen LogP contribution is 2.29. The molecule has 0 saturated carbocycles. The minimum atomic E-state index is 0.632. The van der Waals surface area contributed by atoms with E-state index in [0.29, 0.717) is 4.77 Å². The van der Waals surface area contributed by atoms with Gasteiger partial charge in [0.1, 0.15) is 11.8 Å². The fourth-order valence-electron chi connectivity index (χ4n) is 1.97. The van der Waals surface area contributed by atoms with E-state index in [2.05, 4.69) is 10.2 Å². The van der Waals surface area contributed by atoms with Gasteiger partial charge in [0.25, 0.3) is 0 Å². The van der Waals surface area contributed by atoms with E-state index in [4.69, 9.17) is 16.6 Å². The molecule has 0 atom stereocenters. The summed E-state index contributed by atoms with van der Waals surface area (Å²) in [6.07, 6.45) is 1.72. The van der Waals surface area contributed by atoms with Gasteiger partial charge in [-0.25, -0.2) is 0 Å². The average Bonchev–Trinajstić information content (AvgIpc) is 2.92. The van der Waals surface area contributed by atoms with Crippen LogP contribution in [0.1, 0.15) is 6.92 Å². The fraction of sp³-hybridized carbons (Fsp3) is 0.167. The number of benzene rings is 1. The summed E-state index contributed by atoms with van der Waals surface area (Å²) in [5.74, 6) is 0.822. The number of aromatic amines is 1. The van der Waals surface area contributed by atoms with Gasteiger partial charge in [0, 0.05) is 11.9 Å². The Bertz CT molecular complexity index is 723. The molecule has 0 bridgehead atoms. The number of rotatable bonds is 2. The largest absolute Gasteiger partial charge is 0.464 e. The molecule has 1 N–H and O–H groups in total. The number of aromatic nitrogens is 3. The summed E-state index contributed by atoms with van der Waals surface area (Å²) in [5.41, 5.74) is 1.83. The van der Waals surface area contributed by atoms with Crippen molar-refractivity contribution in [1.29, 1.82) is 0 Å². The first-order valence-electron chi connectivity index (χ1n) is 5.43. The topological polar surface area (TPSA) is 46.8 Å². The van der Waals surface area contributed by atoms with Gasteiger partial charge >= 0.3 is 0 Å². The lowest BCUT2D eigenvalue weighted by atomic mass is 10.1. The van der Waals surface area contributed by atoms with Gasteiger partial charge in [0.05, 0.1) is 5.56 Å². The molecule has 0 fully saturated rings. The Labute approximate surface area is 103 Å². The van der Waals surface area contributed by atoms with E-state index in [0.717, 1.165) is 28.9 Å². The van der Waals surface area contributed by atoms with Crippen molar-refractivity contribution in [1.82, 2.24) is 14.8 Å². The zero-order valence-corrected chi connectivity index (χ0v) is 10.1. The summed E-state index contributed by atoms with van der Waals surface area (Å²) >= 11 is 5.18. The maximum Gasteiger partial charge on any atom is 0.195 e. The van der Waals surface area contributed by atoms with Gasteiger partial charge in [-0.2, -0.15) is 5.10 Å². The van der Waals surface area contributed by atoms with Crippen LogP contribution in [0.4, 0.5) is 0 Å². The Hall–Kier alpha value is -1.88. The third-order valence-electron chi connectivity index (χ3n) is 2.80. The number of hydrogen-bond acceptors (Lipinski definition) is 3. The third kappa shape index (κ3) is 1.51. The zero-order chi connectivity index (χ0) is 11.8. The molecule has 0 aliphatic heterocycles. The maximum atomic E-state index is 5.51. The molecule has 0 unspecified atom stereocenters. The SMILES string of the molecule is CCn1c(-c2coc3ccccc23)n[nH]c1=S. The number of para-hydroxylation sites is 1. The van der Waals surface area contributed by atoms with E-state index in [9.17, 15) is 0 Å². The molecular formula is C12H11N3OS. The highest BCUT2D eigenvalue weighted by Gasteiger charge is 2.13. The van der Waals surface area contributed by atoms with Crippen molar-refractivity contribution in [2.24, 2.45) is 0 Å². The van der Waals surface area contributed by atoms with Crippen LogP contribution >= 0.6 is 12.2 Å². The highest BCUT2D eigenvalue weighted by atomic mass is 32.1. The van der Waals surface area contributed by atoms with Crippen molar-refractivity contribution in [2.45, 2.75) is 13.5 Å². The molecule has 0 saturated heterocycles. The van der Waals surface area contributed by atoms with Crippen molar-refractivity contribution < 1.29 is 4.42 Å². The van der Waals surface area contributed by atoms with Crippen LogP contribution in [0.3, 0.4) is 0 Å². The van der Waals surface area contributed by atoms with E-state index in [1.807, 2.05) is 35.8 Å². The Morgan fingerprint density at radius 3 is 3.06 bits per heavy atom. The summed E-state index contributed by atoms with van der Waals surface area (Å²) in [6, 6.07) is 7.90. The molecule has 0 aliphatic rings. The molecule has 0 aliphatic carbocycles. The van der Waals surface area contributed by atoms with Crippen molar-refractivity contribution >= 4 is 23.2 Å². The van der Waals surface area contributed by atoms with Gasteiger partial charge in [-0.15, -0.1) is 0 Å². The van der Waals surface area contributed by atoms with Crippen LogP contribution in [-0.4, -0.2) is 14.8 Å². The second-order valence-electron chi connectivity index (χ2n) is 3.74. The first kappa shape index (κ1) is 10.3. The minimum absolute atomic E-state index is 0.632. The summed E-state index contributed by atoms with van der Waals surface area (Å²) in [6.45, 7) is 2.82. The molecule has 4 nitrogen and oxygen atoms in total. The highest BCUT2D eigenvalue weighted by molar-refractivity contribution is 7.71. The Morgan fingerprint density at radius 2 is 2.24 bits per heavy atom. The van der Waals surface area contributed by atoms with E-state index < -0.39 is 0 Å². The molecule has 2 aromatic heterocycles. The average molecular weight is 245 g/mol. The van der Waals surface area contributed by atoms with Gasteiger partial charge in [0.2, 0.25) is 0 Å². The monoisotopic (exact) mass is 245 g/mol. The Morgan fingerprint density at radius 1 is 1.41 bits per heavy atom. The van der Waals surface area contributed by atoms with Gasteiger partial charge in [0.15, 0.2) is 10.6 Å². The maximum absolute atomic E-state index is 5.51. The van der Waals surface area contributed by atoms with Crippen molar-refractivity contribution in [3.63, 3.8) is 0 Å². The third-order valence-corrected chi connectivity index (χ3v) is 3.11. The predicted octanol–water partition coefficient (Wildman–Crippen LogP) is 3.37. The van der Waals surface area contributed by atoms with Gasteiger partial charge in [-0.05, 0) is 25.2 Å². The van der Waals surface area contributed by atoms with Crippen molar-refractivity contribution in [3.8, 4) is 11.4 Å². The molecule has 0 radical (unpaired) electrons. The molecule has 86 valence electrons. The minimum Gasteiger partial charge on any atom is -0.464 e. The summed E-state index contributed by atoms with van der Waals surface area (Å²) in [4.78, 5) is 0. The molecule has 5 heteroatoms. The summed E-state index contributed by atoms with van der Waals surface area (Å²) in [7, 11) is 0. The number of H-pyrrole nitrogens is 1. The number of nitrogens with zero attached hydrogens (tertiary/aromatic N) is 2. The first-order valence-corrected chi connectivity index (χ1v) is 5.84. The normalized spacial score (nSPS) is 11.1. The van der Waals surface area contributed by atoms with E-state index in [1.165, 1.54) is 0 Å². The predicted molar refractivity (Wildman–Crippen MR) is 68.3 cm³/mol. The van der Waals surface area contributed by atoms with Crippen LogP contribution in [0.25, 0.3) is 22.4 Å². The van der Waals surface area contributed by atoms with Gasteiger partial charge < -0.3 is 8.98 Å². The number of furan rings is 1. The molecule has 3 aromatic rings. The number of hydrogen-bond donors (Lipinski definition) is 1. The van der Waals surface area contributed by atoms with Crippen LogP contribution in [0.5, 0.6) is 0 Å². The Balaban J connectivity index is 2.31. The van der Waals surface area contributed by atoms with E-state index >= 15 is 0 Å². The second kappa shape index (κ2) is 3.85. The molecule has 3 rings (SSSR count). The van der Waals surface area contributed by atoms with Crippen molar-refractivity contribution in [2.75, 3.05) is 0 Å². The second-order valence-corrected chi connectivity index (χ2v) is 4.13. The van der Waals surface area contributed by atoms with E-state index in [-0.39, 0.29) is 0 Å². The lowest BCUT2D eigenvalue weighted by Gasteiger charge is -2.00. The smallest absolute Gasteiger partial charge is 0.195 e. The lowest BCUT2D eigenvalue weighted by molar-refractivity contribution is 0.616. The fourth-order valence-corrected chi connectivity index (χ4v) is 2.23. The van der Waals surface area contributed by atoms with Crippen LogP contribution in [0, 0.1) is 4.77 Å². The Kier molecular flexibility index (Phi) is 2.33. The van der Waals surface area contributed by atoms with E-state index in [1.54, 1.807) is 6.26 Å². The van der Waals surface area contributed by atoms with Gasteiger partial charge in [-0.1, -0.05) is 18.2 Å². The molecule has 0 amide bonds. The molecule has 2 heterocycles. The van der Waals surface area contributed by atoms with Crippen LogP contribution in [-0.2, 0) is 6.54 Å². The van der Waals surface area contributed by atoms with Crippen molar-refractivity contribution in [3.05, 3.63) is 35.3 Å². The zero-order valence-electron chi connectivity index (χ0n) is 9.30. The number of nitrogens with one attached hydrogen (secondary N) is 1. The molecule has 17 heavy (non-hydrogen) atoms. The van der Waals surface area contributed by atoms with Crippen LogP contribution < -0.4 is 0 Å². The molecular weight excluding hydrogens is 234 g/mol. The first-order chi connectivity index (χ1) is 8.31. The van der Waals surface area contributed by atoms with Crippen LogP contribution in [0.15, 0.2) is 34.9 Å².